The maximum atomic E-state index is 5.47. The van der Waals surface area contributed by atoms with Gasteiger partial charge in [-0.05, 0) is 52.6 Å². The summed E-state index contributed by atoms with van der Waals surface area (Å²) < 4.78 is 10.8. The van der Waals surface area contributed by atoms with Crippen LogP contribution >= 0.6 is 11.3 Å². The van der Waals surface area contributed by atoms with Crippen LogP contribution in [0, 0.1) is 13.8 Å². The van der Waals surface area contributed by atoms with E-state index in [0.29, 0.717) is 6.54 Å². The fourth-order valence-corrected chi connectivity index (χ4v) is 4.01. The maximum Gasteiger partial charge on any atom is 0.191 e. The Morgan fingerprint density at radius 2 is 1.90 bits per heavy atom. The van der Waals surface area contributed by atoms with E-state index in [1.807, 2.05) is 12.1 Å². The van der Waals surface area contributed by atoms with Crippen molar-refractivity contribution in [2.24, 2.45) is 4.99 Å². The zero-order chi connectivity index (χ0) is 22.1. The number of hydrogen-bond donors (Lipinski definition) is 2. The molecule has 8 heteroatoms. The highest BCUT2D eigenvalue weighted by molar-refractivity contribution is 7.11. The molecule has 30 heavy (non-hydrogen) atoms. The second kappa shape index (κ2) is 11.8. The zero-order valence-corrected chi connectivity index (χ0v) is 20.0. The molecule has 1 atom stereocenters. The van der Waals surface area contributed by atoms with Crippen LogP contribution in [0.2, 0.25) is 0 Å². The molecule has 0 spiro atoms. The number of aromatic nitrogens is 1. The van der Waals surface area contributed by atoms with Crippen LogP contribution in [0.1, 0.15) is 34.1 Å². The summed E-state index contributed by atoms with van der Waals surface area (Å²) in [5.41, 5.74) is 2.25. The third-order valence-electron chi connectivity index (χ3n) is 4.89. The van der Waals surface area contributed by atoms with Crippen molar-refractivity contribution in [3.05, 3.63) is 39.3 Å². The van der Waals surface area contributed by atoms with Crippen LogP contribution in [0.25, 0.3) is 0 Å². The molecule has 0 bridgehead atoms. The van der Waals surface area contributed by atoms with E-state index in [4.69, 9.17) is 14.5 Å². The molecule has 2 rings (SSSR count). The molecule has 0 amide bonds. The number of nitrogens with zero attached hydrogens (tertiary/aromatic N) is 3. The fourth-order valence-electron chi connectivity index (χ4n) is 3.08. The van der Waals surface area contributed by atoms with Crippen molar-refractivity contribution >= 4 is 17.3 Å². The Hall–Kier alpha value is -2.32. The van der Waals surface area contributed by atoms with E-state index >= 15 is 0 Å². The highest BCUT2D eigenvalue weighted by atomic mass is 32.1. The minimum absolute atomic E-state index is 0.115. The number of rotatable bonds is 10. The van der Waals surface area contributed by atoms with Gasteiger partial charge in [0.05, 0.1) is 37.5 Å². The molecule has 0 saturated carbocycles. The molecule has 1 aromatic heterocycles. The summed E-state index contributed by atoms with van der Waals surface area (Å²) in [6, 6.07) is 6.14. The number of aliphatic imine (C=N–C) groups is 1. The average Bonchev–Trinajstić information content (AvgIpc) is 3.04. The van der Waals surface area contributed by atoms with Gasteiger partial charge in [0.2, 0.25) is 0 Å². The van der Waals surface area contributed by atoms with E-state index in [0.717, 1.165) is 53.2 Å². The first-order valence-electron chi connectivity index (χ1n) is 10.2. The summed E-state index contributed by atoms with van der Waals surface area (Å²) in [5, 5.41) is 7.91. The molecule has 0 radical (unpaired) electrons. The van der Waals surface area contributed by atoms with Crippen molar-refractivity contribution < 1.29 is 9.47 Å². The molecule has 1 unspecified atom stereocenters. The first-order chi connectivity index (χ1) is 14.4. The predicted molar refractivity (Wildman–Crippen MR) is 125 cm³/mol. The van der Waals surface area contributed by atoms with Gasteiger partial charge in [0.1, 0.15) is 0 Å². The SMILES string of the molecule is CCNC(=NCC(c1ccc(OC)c(OC)c1)N(C)C)NCCc1nc(C)c(C)s1. The van der Waals surface area contributed by atoms with Gasteiger partial charge in [-0.25, -0.2) is 4.98 Å². The number of likely N-dealkylation sites (N-methyl/N-ethyl adjacent to an activating group) is 1. The van der Waals surface area contributed by atoms with Crippen LogP contribution in [0.3, 0.4) is 0 Å². The first kappa shape index (κ1) is 24.0. The molecule has 7 nitrogen and oxygen atoms in total. The number of guanidine groups is 1. The molecule has 2 N–H and O–H groups in total. The summed E-state index contributed by atoms with van der Waals surface area (Å²) >= 11 is 1.77. The lowest BCUT2D eigenvalue weighted by Crippen LogP contribution is -2.39. The second-order valence-corrected chi connectivity index (χ2v) is 8.53. The molecule has 0 saturated heterocycles. The molecular weight excluding hydrogens is 398 g/mol. The van der Waals surface area contributed by atoms with Crippen LogP contribution < -0.4 is 20.1 Å². The summed E-state index contributed by atoms with van der Waals surface area (Å²) in [6.07, 6.45) is 0.885. The quantitative estimate of drug-likeness (QED) is 0.443. The summed E-state index contributed by atoms with van der Waals surface area (Å²) in [4.78, 5) is 12.9. The Kier molecular flexibility index (Phi) is 9.39. The number of ether oxygens (including phenoxy) is 2. The topological polar surface area (TPSA) is 71.0 Å². The Labute approximate surface area is 184 Å². The molecule has 2 aromatic rings. The average molecular weight is 434 g/mol. The van der Waals surface area contributed by atoms with Gasteiger partial charge in [-0.3, -0.25) is 4.99 Å². The largest absolute Gasteiger partial charge is 0.493 e. The second-order valence-electron chi connectivity index (χ2n) is 7.24. The Morgan fingerprint density at radius 3 is 2.47 bits per heavy atom. The van der Waals surface area contributed by atoms with Gasteiger partial charge < -0.3 is 25.0 Å². The highest BCUT2D eigenvalue weighted by Gasteiger charge is 2.17. The summed E-state index contributed by atoms with van der Waals surface area (Å²) in [6.45, 7) is 8.47. The van der Waals surface area contributed by atoms with E-state index in [2.05, 4.69) is 61.5 Å². The fraction of sp³-hybridized carbons (Fsp3) is 0.545. The van der Waals surface area contributed by atoms with E-state index in [9.17, 15) is 0 Å². The number of thiazole rings is 1. The monoisotopic (exact) mass is 433 g/mol. The Bertz CT molecular complexity index is 815. The van der Waals surface area contributed by atoms with Gasteiger partial charge in [0, 0.05) is 24.4 Å². The summed E-state index contributed by atoms with van der Waals surface area (Å²) in [7, 11) is 7.42. The first-order valence-corrected chi connectivity index (χ1v) is 11.0. The Balaban J connectivity index is 2.07. The number of benzene rings is 1. The highest BCUT2D eigenvalue weighted by Crippen LogP contribution is 2.31. The standard InChI is InChI=1S/C22H35N5O2S/c1-8-23-22(24-12-11-21-26-15(2)16(3)30-21)25-14-18(27(4)5)17-9-10-19(28-6)20(13-17)29-7/h9-10,13,18H,8,11-12,14H2,1-7H3,(H2,23,24,25). The molecule has 0 aliphatic carbocycles. The lowest BCUT2D eigenvalue weighted by molar-refractivity contribution is 0.303. The van der Waals surface area contributed by atoms with Crippen molar-refractivity contribution in [1.29, 1.82) is 0 Å². The van der Waals surface area contributed by atoms with Crippen molar-refractivity contribution in [2.75, 3.05) is 47.9 Å². The lowest BCUT2D eigenvalue weighted by atomic mass is 10.1. The lowest BCUT2D eigenvalue weighted by Gasteiger charge is -2.24. The molecule has 0 fully saturated rings. The minimum atomic E-state index is 0.115. The van der Waals surface area contributed by atoms with Crippen molar-refractivity contribution in [3.63, 3.8) is 0 Å². The molecular formula is C22H35N5O2S. The predicted octanol–water partition coefficient (Wildman–Crippen LogP) is 3.18. The summed E-state index contributed by atoms with van der Waals surface area (Å²) in [5.74, 6) is 2.27. The number of aryl methyl sites for hydroxylation is 2. The van der Waals surface area contributed by atoms with Crippen LogP contribution in [0.5, 0.6) is 11.5 Å². The van der Waals surface area contributed by atoms with Crippen LogP contribution in [-0.4, -0.2) is 63.8 Å². The van der Waals surface area contributed by atoms with Crippen molar-refractivity contribution in [1.82, 2.24) is 20.5 Å². The van der Waals surface area contributed by atoms with Gasteiger partial charge in [-0.15, -0.1) is 11.3 Å². The molecule has 0 aliphatic heterocycles. The van der Waals surface area contributed by atoms with E-state index in [-0.39, 0.29) is 6.04 Å². The van der Waals surface area contributed by atoms with Gasteiger partial charge >= 0.3 is 0 Å². The third kappa shape index (κ3) is 6.60. The molecule has 0 aliphatic rings. The van der Waals surface area contributed by atoms with E-state index < -0.39 is 0 Å². The number of methoxy groups -OCH3 is 2. The molecule has 1 aromatic carbocycles. The minimum Gasteiger partial charge on any atom is -0.493 e. The van der Waals surface area contributed by atoms with Crippen LogP contribution in [0.4, 0.5) is 0 Å². The van der Waals surface area contributed by atoms with Crippen molar-refractivity contribution in [2.45, 2.75) is 33.2 Å². The number of nitrogens with one attached hydrogen (secondary N) is 2. The van der Waals surface area contributed by atoms with Crippen LogP contribution in [0.15, 0.2) is 23.2 Å². The maximum absolute atomic E-state index is 5.47. The normalized spacial score (nSPS) is 12.7. The van der Waals surface area contributed by atoms with Gasteiger partial charge in [-0.2, -0.15) is 0 Å². The zero-order valence-electron chi connectivity index (χ0n) is 19.2. The van der Waals surface area contributed by atoms with E-state index in [1.165, 1.54) is 4.88 Å². The molecule has 166 valence electrons. The molecule has 1 heterocycles. The number of hydrogen-bond acceptors (Lipinski definition) is 6. The van der Waals surface area contributed by atoms with E-state index in [1.54, 1.807) is 25.6 Å². The van der Waals surface area contributed by atoms with Gasteiger partial charge in [0.25, 0.3) is 0 Å². The smallest absolute Gasteiger partial charge is 0.191 e. The van der Waals surface area contributed by atoms with Crippen molar-refractivity contribution in [3.8, 4) is 11.5 Å². The third-order valence-corrected chi connectivity index (χ3v) is 6.02. The van der Waals surface area contributed by atoms with Crippen LogP contribution in [-0.2, 0) is 6.42 Å². The van der Waals surface area contributed by atoms with Gasteiger partial charge in [-0.1, -0.05) is 6.07 Å². The van der Waals surface area contributed by atoms with Gasteiger partial charge in [0.15, 0.2) is 17.5 Å². The Morgan fingerprint density at radius 1 is 1.17 bits per heavy atom.